The number of allylic oxidation sites excluding steroid dienone is 2. The third-order valence-corrected chi connectivity index (χ3v) is 7.33. The molecule has 2 aliphatic rings. The Kier molecular flexibility index (Phi) is 6.85. The van der Waals surface area contributed by atoms with Crippen molar-refractivity contribution in [3.8, 4) is 11.5 Å². The molecular weight excluding hydrogens is 488 g/mol. The Morgan fingerprint density at radius 3 is 2.38 bits per heavy atom. The Morgan fingerprint density at radius 1 is 0.973 bits per heavy atom. The maximum atomic E-state index is 14.2. The summed E-state index contributed by atoms with van der Waals surface area (Å²) in [6, 6.07) is 21.4. The van der Waals surface area contributed by atoms with Gasteiger partial charge in [0, 0.05) is 45.4 Å². The summed E-state index contributed by atoms with van der Waals surface area (Å²) in [5.74, 6) is -0.679. The van der Waals surface area contributed by atoms with Crippen LogP contribution in [-0.4, -0.2) is 31.6 Å². The van der Waals surface area contributed by atoms with Gasteiger partial charge in [-0.25, -0.2) is 0 Å². The molecule has 2 unspecified atom stereocenters. The van der Waals surface area contributed by atoms with E-state index in [1.54, 1.807) is 67.7 Å². The molecule has 0 fully saturated rings. The highest BCUT2D eigenvalue weighted by atomic mass is 35.5. The molecule has 188 valence electrons. The number of nitrogens with one attached hydrogen (secondary N) is 1. The standard InChI is InChI=1S/C30H27ClN2O4/c1-36-21-15-16-25(37-2)22(17-21)26-27-23(9-6-10-24(27)34)33(20-13-11-19(31)12-14-20)30(32)28(26)29(35)18-7-4-3-5-8-18/h3-5,7-8,11-17,26,28,32H,6,9-10H2,1-2H3. The average Bonchev–Trinajstić information content (AvgIpc) is 2.93. The number of hydrogen-bond donors (Lipinski definition) is 1. The molecular formula is C30H27ClN2O4. The summed E-state index contributed by atoms with van der Waals surface area (Å²) in [4.78, 5) is 29.6. The Balaban J connectivity index is 1.80. The minimum absolute atomic E-state index is 0.0200. The van der Waals surface area contributed by atoms with Gasteiger partial charge in [-0.2, -0.15) is 0 Å². The van der Waals surface area contributed by atoms with Crippen LogP contribution in [-0.2, 0) is 4.79 Å². The highest BCUT2D eigenvalue weighted by Gasteiger charge is 2.48. The molecule has 1 N–H and O–H groups in total. The Morgan fingerprint density at radius 2 is 1.70 bits per heavy atom. The first-order chi connectivity index (χ1) is 17.9. The van der Waals surface area contributed by atoms with Crippen molar-refractivity contribution in [2.75, 3.05) is 19.1 Å². The van der Waals surface area contributed by atoms with Gasteiger partial charge in [-0.05, 0) is 55.3 Å². The fourth-order valence-corrected chi connectivity index (χ4v) is 5.53. The number of Topliss-reactive ketones (excluding diaryl/α,β-unsaturated/α-hetero) is 2. The fraction of sp³-hybridized carbons (Fsp3) is 0.233. The van der Waals surface area contributed by atoms with Gasteiger partial charge in [-0.15, -0.1) is 0 Å². The Labute approximate surface area is 221 Å². The smallest absolute Gasteiger partial charge is 0.174 e. The number of ketones is 2. The molecule has 0 saturated heterocycles. The second-order valence-electron chi connectivity index (χ2n) is 9.13. The third kappa shape index (κ3) is 4.42. The van der Waals surface area contributed by atoms with E-state index in [0.29, 0.717) is 58.2 Å². The van der Waals surface area contributed by atoms with Gasteiger partial charge in [0.15, 0.2) is 11.6 Å². The number of anilines is 1. The third-order valence-electron chi connectivity index (χ3n) is 7.08. The van der Waals surface area contributed by atoms with E-state index in [0.717, 1.165) is 5.70 Å². The molecule has 0 amide bonds. The summed E-state index contributed by atoms with van der Waals surface area (Å²) in [5, 5.41) is 9.99. The van der Waals surface area contributed by atoms with Crippen molar-refractivity contribution in [3.05, 3.63) is 100 Å². The quantitative estimate of drug-likeness (QED) is 0.383. The first kappa shape index (κ1) is 24.8. The lowest BCUT2D eigenvalue weighted by Crippen LogP contribution is -2.49. The van der Waals surface area contributed by atoms with Gasteiger partial charge >= 0.3 is 0 Å². The number of carbonyl (C=O) groups excluding carboxylic acids is 2. The molecule has 0 saturated carbocycles. The maximum Gasteiger partial charge on any atom is 0.174 e. The molecule has 0 radical (unpaired) electrons. The predicted molar refractivity (Wildman–Crippen MR) is 144 cm³/mol. The zero-order valence-electron chi connectivity index (χ0n) is 20.7. The van der Waals surface area contributed by atoms with E-state index in [1.807, 2.05) is 24.3 Å². The van der Waals surface area contributed by atoms with Gasteiger partial charge in [0.1, 0.15) is 17.3 Å². The zero-order chi connectivity index (χ0) is 26.1. The highest BCUT2D eigenvalue weighted by molar-refractivity contribution is 6.30. The van der Waals surface area contributed by atoms with Crippen LogP contribution in [0, 0.1) is 11.3 Å². The van der Waals surface area contributed by atoms with Crippen LogP contribution in [0.4, 0.5) is 5.69 Å². The van der Waals surface area contributed by atoms with Crippen LogP contribution in [0.15, 0.2) is 84.1 Å². The van der Waals surface area contributed by atoms with Crippen LogP contribution < -0.4 is 14.4 Å². The summed E-state index contributed by atoms with van der Waals surface area (Å²) in [5.41, 5.74) is 3.12. The number of nitrogens with zero attached hydrogens (tertiary/aromatic N) is 1. The van der Waals surface area contributed by atoms with E-state index in [2.05, 4.69) is 0 Å². The topological polar surface area (TPSA) is 79.7 Å². The summed E-state index contributed by atoms with van der Waals surface area (Å²) in [6.07, 6.45) is 1.67. The lowest BCUT2D eigenvalue weighted by molar-refractivity contribution is -0.116. The minimum atomic E-state index is -0.958. The van der Waals surface area contributed by atoms with E-state index in [4.69, 9.17) is 21.1 Å². The molecule has 1 aliphatic carbocycles. The highest BCUT2D eigenvalue weighted by Crippen LogP contribution is 2.49. The van der Waals surface area contributed by atoms with E-state index in [-0.39, 0.29) is 17.4 Å². The lowest BCUT2D eigenvalue weighted by Gasteiger charge is -2.44. The summed E-state index contributed by atoms with van der Waals surface area (Å²) < 4.78 is 11.2. The van der Waals surface area contributed by atoms with Gasteiger partial charge in [0.2, 0.25) is 0 Å². The molecule has 1 aliphatic heterocycles. The van der Waals surface area contributed by atoms with Crippen LogP contribution in [0.5, 0.6) is 11.5 Å². The minimum Gasteiger partial charge on any atom is -0.497 e. The number of amidine groups is 1. The molecule has 0 aromatic heterocycles. The number of ether oxygens (including phenoxy) is 2. The molecule has 3 aromatic carbocycles. The largest absolute Gasteiger partial charge is 0.497 e. The zero-order valence-corrected chi connectivity index (χ0v) is 21.4. The predicted octanol–water partition coefficient (Wildman–Crippen LogP) is 6.44. The summed E-state index contributed by atoms with van der Waals surface area (Å²) in [6.45, 7) is 0. The summed E-state index contributed by atoms with van der Waals surface area (Å²) >= 11 is 6.15. The molecule has 2 atom stereocenters. The maximum absolute atomic E-state index is 14.2. The SMILES string of the molecule is COc1ccc(OC)c(C2C3=C(CCCC3=O)N(c3ccc(Cl)cc3)C(=N)C2C(=O)c2ccccc2)c1. The van der Waals surface area contributed by atoms with E-state index in [9.17, 15) is 15.0 Å². The number of halogens is 1. The number of methoxy groups -OCH3 is 2. The normalized spacial score (nSPS) is 19.5. The van der Waals surface area contributed by atoms with Gasteiger partial charge < -0.3 is 14.4 Å². The van der Waals surface area contributed by atoms with Crippen molar-refractivity contribution in [1.29, 1.82) is 5.41 Å². The monoisotopic (exact) mass is 514 g/mol. The molecule has 0 spiro atoms. The van der Waals surface area contributed by atoms with Gasteiger partial charge in [-0.1, -0.05) is 41.9 Å². The van der Waals surface area contributed by atoms with Gasteiger partial charge in [0.05, 0.1) is 20.1 Å². The average molecular weight is 515 g/mol. The number of rotatable bonds is 6. The Bertz CT molecular complexity index is 1400. The fourth-order valence-electron chi connectivity index (χ4n) is 5.40. The molecule has 0 bridgehead atoms. The van der Waals surface area contributed by atoms with Crippen LogP contribution >= 0.6 is 11.6 Å². The Hall–Kier alpha value is -3.90. The number of benzene rings is 3. The number of hydrogen-bond acceptors (Lipinski definition) is 5. The van der Waals surface area contributed by atoms with Crippen molar-refractivity contribution in [2.24, 2.45) is 5.92 Å². The molecule has 1 heterocycles. The number of carbonyl (C=O) groups is 2. The van der Waals surface area contributed by atoms with Crippen LogP contribution in [0.2, 0.25) is 5.02 Å². The first-order valence-electron chi connectivity index (χ1n) is 12.2. The van der Waals surface area contributed by atoms with Crippen LogP contribution in [0.25, 0.3) is 0 Å². The van der Waals surface area contributed by atoms with Crippen molar-refractivity contribution in [1.82, 2.24) is 0 Å². The van der Waals surface area contributed by atoms with E-state index < -0.39 is 11.8 Å². The molecule has 5 rings (SSSR count). The van der Waals surface area contributed by atoms with Crippen molar-refractivity contribution >= 4 is 34.7 Å². The second kappa shape index (κ2) is 10.2. The second-order valence-corrected chi connectivity index (χ2v) is 9.56. The first-order valence-corrected chi connectivity index (χ1v) is 12.5. The van der Waals surface area contributed by atoms with Crippen molar-refractivity contribution in [3.63, 3.8) is 0 Å². The molecule has 6 nitrogen and oxygen atoms in total. The van der Waals surface area contributed by atoms with Crippen LogP contribution in [0.3, 0.4) is 0 Å². The van der Waals surface area contributed by atoms with E-state index >= 15 is 0 Å². The molecule has 37 heavy (non-hydrogen) atoms. The van der Waals surface area contributed by atoms with Crippen molar-refractivity contribution < 1.29 is 19.1 Å². The van der Waals surface area contributed by atoms with Crippen LogP contribution in [0.1, 0.15) is 41.1 Å². The molecule has 3 aromatic rings. The van der Waals surface area contributed by atoms with Gasteiger partial charge in [0.25, 0.3) is 0 Å². The van der Waals surface area contributed by atoms with Gasteiger partial charge in [-0.3, -0.25) is 15.0 Å². The van der Waals surface area contributed by atoms with E-state index in [1.165, 1.54) is 0 Å². The lowest BCUT2D eigenvalue weighted by atomic mass is 9.69. The van der Waals surface area contributed by atoms with Crippen molar-refractivity contribution in [2.45, 2.75) is 25.2 Å². The summed E-state index contributed by atoms with van der Waals surface area (Å²) in [7, 11) is 3.13. The molecule has 7 heteroatoms.